The van der Waals surface area contributed by atoms with Gasteiger partial charge in [-0.05, 0) is 54.8 Å². The Kier molecular flexibility index (Phi) is 7.14. The van der Waals surface area contributed by atoms with E-state index in [-0.39, 0.29) is 18.4 Å². The Bertz CT molecular complexity index is 862. The summed E-state index contributed by atoms with van der Waals surface area (Å²) in [5.41, 5.74) is 3.51. The molecule has 0 saturated heterocycles. The second-order valence-corrected chi connectivity index (χ2v) is 6.56. The van der Waals surface area contributed by atoms with Gasteiger partial charge in [0.05, 0.1) is 6.54 Å². The van der Waals surface area contributed by atoms with Crippen molar-refractivity contribution in [3.8, 4) is 5.75 Å². The van der Waals surface area contributed by atoms with E-state index >= 15 is 0 Å². The maximum absolute atomic E-state index is 12.3. The zero-order valence-electron chi connectivity index (χ0n) is 16.2. The van der Waals surface area contributed by atoms with Crippen LogP contribution < -0.4 is 10.1 Å². The molecule has 0 aromatic heterocycles. The molecule has 7 heteroatoms. The lowest BCUT2D eigenvalue weighted by Gasteiger charge is -2.18. The van der Waals surface area contributed by atoms with Crippen LogP contribution in [0, 0.1) is 13.8 Å². The molecule has 0 aliphatic rings. The topological polar surface area (TPSA) is 95.9 Å². The number of ether oxygens (including phenoxy) is 1. The number of carbonyl (C=O) groups excluding carboxylic acids is 2. The third-order valence-corrected chi connectivity index (χ3v) is 4.30. The summed E-state index contributed by atoms with van der Waals surface area (Å²) in [5.74, 6) is -1.11. The zero-order valence-corrected chi connectivity index (χ0v) is 16.2. The van der Waals surface area contributed by atoms with E-state index in [1.807, 2.05) is 19.9 Å². The normalized spacial score (nSPS) is 10.2. The van der Waals surface area contributed by atoms with Crippen LogP contribution in [0.3, 0.4) is 0 Å². The maximum Gasteiger partial charge on any atom is 0.341 e. The number of hydrogen-bond acceptors (Lipinski definition) is 4. The lowest BCUT2D eigenvalue weighted by Crippen LogP contribution is -2.37. The average molecular weight is 384 g/mol. The Morgan fingerprint density at radius 3 is 2.32 bits per heavy atom. The lowest BCUT2D eigenvalue weighted by atomic mass is 10.1. The summed E-state index contributed by atoms with van der Waals surface area (Å²) in [6.07, 6.45) is 0. The molecule has 2 N–H and O–H groups in total. The average Bonchev–Trinajstić information content (AvgIpc) is 2.67. The molecule has 0 aliphatic heterocycles. The van der Waals surface area contributed by atoms with Gasteiger partial charge in [0.25, 0.3) is 5.91 Å². The number of carboxylic acid groups (broad SMARTS) is 1. The van der Waals surface area contributed by atoms with Crippen LogP contribution in [0.1, 0.15) is 27.0 Å². The van der Waals surface area contributed by atoms with Crippen LogP contribution in [0.4, 0.5) is 0 Å². The summed E-state index contributed by atoms with van der Waals surface area (Å²) in [4.78, 5) is 36.5. The van der Waals surface area contributed by atoms with E-state index in [0.717, 1.165) is 16.7 Å². The van der Waals surface area contributed by atoms with Gasteiger partial charge in [0.15, 0.2) is 6.61 Å². The summed E-state index contributed by atoms with van der Waals surface area (Å²) in [6.45, 7) is 3.76. The highest BCUT2D eigenvalue weighted by Gasteiger charge is 2.13. The summed E-state index contributed by atoms with van der Waals surface area (Å²) < 4.78 is 5.07. The van der Waals surface area contributed by atoms with Crippen molar-refractivity contribution in [3.05, 3.63) is 64.7 Å². The lowest BCUT2D eigenvalue weighted by molar-refractivity contribution is -0.139. The number of benzene rings is 2. The molecule has 148 valence electrons. The first kappa shape index (κ1) is 21.0. The SMILES string of the molecule is Cc1ccc(C(=O)NCC(=O)N(C)Cc2ccc(OCC(=O)O)cc2)cc1C. The number of aliphatic carboxylic acids is 1. The van der Waals surface area contributed by atoms with Crippen molar-refractivity contribution in [1.82, 2.24) is 10.2 Å². The molecule has 0 bridgehead atoms. The Morgan fingerprint density at radius 2 is 1.71 bits per heavy atom. The Balaban J connectivity index is 1.84. The fourth-order valence-corrected chi connectivity index (χ4v) is 2.47. The zero-order chi connectivity index (χ0) is 20.7. The first-order valence-electron chi connectivity index (χ1n) is 8.79. The number of carboxylic acids is 1. The molecular weight excluding hydrogens is 360 g/mol. The van der Waals surface area contributed by atoms with Crippen LogP contribution >= 0.6 is 0 Å². The highest BCUT2D eigenvalue weighted by atomic mass is 16.5. The highest BCUT2D eigenvalue weighted by molar-refractivity contribution is 5.96. The first-order valence-corrected chi connectivity index (χ1v) is 8.79. The van der Waals surface area contributed by atoms with Crippen LogP contribution in [-0.4, -0.2) is 48.0 Å². The van der Waals surface area contributed by atoms with Gasteiger partial charge in [0.1, 0.15) is 5.75 Å². The molecule has 0 saturated carbocycles. The molecule has 2 aromatic rings. The van der Waals surface area contributed by atoms with Gasteiger partial charge in [-0.2, -0.15) is 0 Å². The summed E-state index contributed by atoms with van der Waals surface area (Å²) in [5, 5.41) is 11.2. The number of nitrogens with zero attached hydrogens (tertiary/aromatic N) is 1. The van der Waals surface area contributed by atoms with Gasteiger partial charge >= 0.3 is 5.97 Å². The van der Waals surface area contributed by atoms with Crippen molar-refractivity contribution >= 4 is 17.8 Å². The monoisotopic (exact) mass is 384 g/mol. The molecule has 0 radical (unpaired) electrons. The molecule has 0 unspecified atom stereocenters. The van der Waals surface area contributed by atoms with E-state index in [1.54, 1.807) is 43.4 Å². The third-order valence-electron chi connectivity index (χ3n) is 4.30. The Labute approximate surface area is 163 Å². The van der Waals surface area contributed by atoms with Crippen molar-refractivity contribution in [1.29, 1.82) is 0 Å². The van der Waals surface area contributed by atoms with Gasteiger partial charge in [0, 0.05) is 19.2 Å². The van der Waals surface area contributed by atoms with Crippen LogP contribution in [0.15, 0.2) is 42.5 Å². The number of likely N-dealkylation sites (N-methyl/N-ethyl adjacent to an activating group) is 1. The molecule has 2 rings (SSSR count). The van der Waals surface area contributed by atoms with Gasteiger partial charge < -0.3 is 20.1 Å². The molecule has 2 aromatic carbocycles. The van der Waals surface area contributed by atoms with Crippen molar-refractivity contribution < 1.29 is 24.2 Å². The van der Waals surface area contributed by atoms with Gasteiger partial charge in [-0.25, -0.2) is 4.79 Å². The van der Waals surface area contributed by atoms with Crippen molar-refractivity contribution in [2.24, 2.45) is 0 Å². The molecular formula is C21H24N2O5. The number of hydrogen-bond donors (Lipinski definition) is 2. The van der Waals surface area contributed by atoms with Gasteiger partial charge in [-0.3, -0.25) is 9.59 Å². The van der Waals surface area contributed by atoms with E-state index in [0.29, 0.717) is 17.9 Å². The minimum atomic E-state index is -1.04. The van der Waals surface area contributed by atoms with Crippen molar-refractivity contribution in [2.75, 3.05) is 20.2 Å². The van der Waals surface area contributed by atoms with Crippen molar-refractivity contribution in [2.45, 2.75) is 20.4 Å². The minimum Gasteiger partial charge on any atom is -0.482 e. The number of rotatable bonds is 8. The van der Waals surface area contributed by atoms with E-state index in [1.165, 1.54) is 4.90 Å². The van der Waals surface area contributed by atoms with Crippen LogP contribution in [-0.2, 0) is 16.1 Å². The third kappa shape index (κ3) is 6.12. The van der Waals surface area contributed by atoms with E-state index in [2.05, 4.69) is 5.32 Å². The van der Waals surface area contributed by atoms with E-state index < -0.39 is 12.6 Å². The molecule has 28 heavy (non-hydrogen) atoms. The number of nitrogens with one attached hydrogen (secondary N) is 1. The number of aryl methyl sites for hydroxylation is 2. The quantitative estimate of drug-likeness (QED) is 0.727. The number of amides is 2. The predicted molar refractivity (Wildman–Crippen MR) is 104 cm³/mol. The second kappa shape index (κ2) is 9.55. The largest absolute Gasteiger partial charge is 0.482 e. The Morgan fingerprint density at radius 1 is 1.04 bits per heavy atom. The fraction of sp³-hybridized carbons (Fsp3) is 0.286. The van der Waals surface area contributed by atoms with Gasteiger partial charge in [0.2, 0.25) is 5.91 Å². The summed E-state index contributed by atoms with van der Waals surface area (Å²) >= 11 is 0. The smallest absolute Gasteiger partial charge is 0.341 e. The summed E-state index contributed by atoms with van der Waals surface area (Å²) in [6, 6.07) is 12.2. The fourth-order valence-electron chi connectivity index (χ4n) is 2.47. The van der Waals surface area contributed by atoms with Crippen LogP contribution in [0.2, 0.25) is 0 Å². The second-order valence-electron chi connectivity index (χ2n) is 6.56. The van der Waals surface area contributed by atoms with Gasteiger partial charge in [-0.15, -0.1) is 0 Å². The van der Waals surface area contributed by atoms with E-state index in [9.17, 15) is 14.4 Å². The first-order chi connectivity index (χ1) is 13.3. The summed E-state index contributed by atoms with van der Waals surface area (Å²) in [7, 11) is 1.65. The molecule has 0 fully saturated rings. The molecule has 0 aliphatic carbocycles. The molecule has 0 heterocycles. The predicted octanol–water partition coefficient (Wildman–Crippen LogP) is 2.16. The highest BCUT2D eigenvalue weighted by Crippen LogP contribution is 2.13. The molecule has 0 atom stereocenters. The molecule has 0 spiro atoms. The molecule has 2 amide bonds. The number of carbonyl (C=O) groups is 3. The minimum absolute atomic E-state index is 0.0952. The van der Waals surface area contributed by atoms with Crippen LogP contribution in [0.5, 0.6) is 5.75 Å². The van der Waals surface area contributed by atoms with Gasteiger partial charge in [-0.1, -0.05) is 18.2 Å². The van der Waals surface area contributed by atoms with Crippen LogP contribution in [0.25, 0.3) is 0 Å². The molecule has 7 nitrogen and oxygen atoms in total. The van der Waals surface area contributed by atoms with E-state index in [4.69, 9.17) is 9.84 Å². The Hall–Kier alpha value is -3.35. The van der Waals surface area contributed by atoms with Crippen molar-refractivity contribution in [3.63, 3.8) is 0 Å². The maximum atomic E-state index is 12.3. The standard InChI is InChI=1S/C21H24N2O5/c1-14-4-7-17(10-15(14)2)21(27)22-11-19(24)23(3)12-16-5-8-18(9-6-16)28-13-20(25)26/h4-10H,11-13H2,1-3H3,(H,22,27)(H,25,26).